The third kappa shape index (κ3) is 1.67. The second kappa shape index (κ2) is 3.30. The molecule has 0 radical (unpaired) electrons. The van der Waals surface area contributed by atoms with E-state index >= 15 is 0 Å². The van der Waals surface area contributed by atoms with Crippen LogP contribution in [-0.4, -0.2) is 36.5 Å². The fourth-order valence-corrected chi connectivity index (χ4v) is 1.07. The van der Waals surface area contributed by atoms with Gasteiger partial charge in [0.25, 0.3) is 0 Å². The highest BCUT2D eigenvalue weighted by atomic mass is 16.7. The maximum absolute atomic E-state index is 9.03. The third-order valence-corrected chi connectivity index (χ3v) is 1.58. The molecule has 1 unspecified atom stereocenters. The van der Waals surface area contributed by atoms with E-state index < -0.39 is 12.6 Å². The van der Waals surface area contributed by atoms with Crippen LogP contribution in [0.15, 0.2) is 0 Å². The fourth-order valence-electron chi connectivity index (χ4n) is 1.07. The van der Waals surface area contributed by atoms with Crippen molar-refractivity contribution in [2.75, 3.05) is 13.7 Å². The summed E-state index contributed by atoms with van der Waals surface area (Å²) in [7, 11) is 1.55. The zero-order valence-electron chi connectivity index (χ0n) is 5.86. The van der Waals surface area contributed by atoms with Crippen LogP contribution >= 0.6 is 0 Å². The Balaban J connectivity index is 2.31. The molecule has 0 aromatic carbocycles. The summed E-state index contributed by atoms with van der Waals surface area (Å²) in [6, 6.07) is 0. The maximum Gasteiger partial charge on any atom is 0.162 e. The summed E-state index contributed by atoms with van der Waals surface area (Å²) < 4.78 is 9.45. The molecule has 4 nitrogen and oxygen atoms in total. The van der Waals surface area contributed by atoms with Gasteiger partial charge in [0.1, 0.15) is 0 Å². The van der Waals surface area contributed by atoms with Crippen molar-refractivity contribution in [1.29, 1.82) is 0 Å². The van der Waals surface area contributed by atoms with Crippen molar-refractivity contribution in [1.82, 2.24) is 0 Å². The predicted molar refractivity (Wildman–Crippen MR) is 33.1 cm³/mol. The van der Waals surface area contributed by atoms with Gasteiger partial charge < -0.3 is 19.7 Å². The lowest BCUT2D eigenvalue weighted by Crippen LogP contribution is -2.19. The highest BCUT2D eigenvalue weighted by Crippen LogP contribution is 2.22. The first kappa shape index (κ1) is 7.94. The summed E-state index contributed by atoms with van der Waals surface area (Å²) in [6.45, 7) is 0.429. The molecular weight excluding hydrogens is 136 g/mol. The molecule has 0 aromatic heterocycles. The second-order valence-electron chi connectivity index (χ2n) is 2.43. The monoisotopic (exact) mass is 148 g/mol. The number of aliphatic hydroxyl groups is 2. The highest BCUT2D eigenvalue weighted by molar-refractivity contribution is 4.69. The van der Waals surface area contributed by atoms with E-state index in [1.807, 2.05) is 0 Å². The lowest BCUT2D eigenvalue weighted by Gasteiger charge is -2.09. The molecule has 0 bridgehead atoms. The van der Waals surface area contributed by atoms with Gasteiger partial charge in [0.15, 0.2) is 12.6 Å². The average molecular weight is 148 g/mol. The van der Waals surface area contributed by atoms with E-state index in [1.54, 1.807) is 7.11 Å². The predicted octanol–water partition coefficient (Wildman–Crippen LogP) is -0.694. The van der Waals surface area contributed by atoms with Crippen molar-refractivity contribution in [3.05, 3.63) is 0 Å². The smallest absolute Gasteiger partial charge is 0.162 e. The van der Waals surface area contributed by atoms with Crippen LogP contribution in [0.1, 0.15) is 6.42 Å². The minimum Gasteiger partial charge on any atom is -0.384 e. The van der Waals surface area contributed by atoms with Gasteiger partial charge in [-0.25, -0.2) is 0 Å². The quantitative estimate of drug-likeness (QED) is 0.544. The Bertz CT molecular complexity index is 106. The van der Waals surface area contributed by atoms with Gasteiger partial charge in [-0.15, -0.1) is 0 Å². The van der Waals surface area contributed by atoms with Crippen molar-refractivity contribution in [2.45, 2.75) is 19.0 Å². The third-order valence-electron chi connectivity index (χ3n) is 1.58. The molecule has 0 amide bonds. The van der Waals surface area contributed by atoms with E-state index in [0.29, 0.717) is 13.0 Å². The SMILES string of the molecule is COCC1C[C@H](O)O[C@@H]1O. The van der Waals surface area contributed by atoms with Crippen molar-refractivity contribution < 1.29 is 19.7 Å². The first-order valence-electron chi connectivity index (χ1n) is 3.24. The molecule has 1 saturated heterocycles. The molecule has 0 aromatic rings. The maximum atomic E-state index is 9.03. The molecule has 0 spiro atoms. The summed E-state index contributed by atoms with van der Waals surface area (Å²) in [5.41, 5.74) is 0. The highest BCUT2D eigenvalue weighted by Gasteiger charge is 2.32. The van der Waals surface area contributed by atoms with E-state index in [2.05, 4.69) is 4.74 Å². The van der Waals surface area contributed by atoms with Gasteiger partial charge in [-0.05, 0) is 0 Å². The van der Waals surface area contributed by atoms with Crippen LogP contribution in [0, 0.1) is 5.92 Å². The van der Waals surface area contributed by atoms with Gasteiger partial charge >= 0.3 is 0 Å². The molecule has 1 rings (SSSR count). The lowest BCUT2D eigenvalue weighted by atomic mass is 10.1. The van der Waals surface area contributed by atoms with Crippen LogP contribution in [0.5, 0.6) is 0 Å². The van der Waals surface area contributed by atoms with Gasteiger partial charge in [-0.3, -0.25) is 0 Å². The first-order valence-corrected chi connectivity index (χ1v) is 3.24. The number of hydrogen-bond donors (Lipinski definition) is 2. The Morgan fingerprint density at radius 2 is 2.30 bits per heavy atom. The molecule has 1 heterocycles. The van der Waals surface area contributed by atoms with Crippen LogP contribution in [0.3, 0.4) is 0 Å². The second-order valence-corrected chi connectivity index (χ2v) is 2.43. The molecule has 0 saturated carbocycles. The van der Waals surface area contributed by atoms with Crippen LogP contribution in [0.4, 0.5) is 0 Å². The lowest BCUT2D eigenvalue weighted by molar-refractivity contribution is -0.170. The van der Waals surface area contributed by atoms with Crippen molar-refractivity contribution in [3.63, 3.8) is 0 Å². The molecule has 60 valence electrons. The van der Waals surface area contributed by atoms with Crippen LogP contribution in [0.25, 0.3) is 0 Å². The number of aliphatic hydroxyl groups excluding tert-OH is 2. The van der Waals surface area contributed by atoms with Crippen LogP contribution in [0.2, 0.25) is 0 Å². The minimum atomic E-state index is -0.866. The first-order chi connectivity index (χ1) is 4.74. The average Bonchev–Trinajstić information content (AvgIpc) is 2.13. The van der Waals surface area contributed by atoms with Crippen molar-refractivity contribution >= 4 is 0 Å². The number of ether oxygens (including phenoxy) is 2. The number of hydrogen-bond acceptors (Lipinski definition) is 4. The molecule has 10 heavy (non-hydrogen) atoms. The zero-order chi connectivity index (χ0) is 7.56. The van der Waals surface area contributed by atoms with Gasteiger partial charge in [-0.1, -0.05) is 0 Å². The Morgan fingerprint density at radius 1 is 1.60 bits per heavy atom. The largest absolute Gasteiger partial charge is 0.384 e. The standard InChI is InChI=1S/C6H12O4/c1-9-3-4-2-5(7)10-6(4)8/h4-8H,2-3H2,1H3/t4?,5-,6+/m1/s1. The summed E-state index contributed by atoms with van der Waals surface area (Å²) in [5, 5.41) is 17.9. The van der Waals surface area contributed by atoms with E-state index in [9.17, 15) is 0 Å². The number of methoxy groups -OCH3 is 1. The van der Waals surface area contributed by atoms with Crippen LogP contribution < -0.4 is 0 Å². The van der Waals surface area contributed by atoms with Gasteiger partial charge in [0.2, 0.25) is 0 Å². The molecule has 1 aliphatic heterocycles. The van der Waals surface area contributed by atoms with Crippen molar-refractivity contribution in [2.24, 2.45) is 5.92 Å². The topological polar surface area (TPSA) is 58.9 Å². The minimum absolute atomic E-state index is 0.0833. The number of rotatable bonds is 2. The van der Waals surface area contributed by atoms with Crippen LogP contribution in [-0.2, 0) is 9.47 Å². The summed E-state index contributed by atoms with van der Waals surface area (Å²) in [4.78, 5) is 0. The van der Waals surface area contributed by atoms with Gasteiger partial charge in [0, 0.05) is 19.4 Å². The molecule has 3 atom stereocenters. The Kier molecular flexibility index (Phi) is 2.62. The van der Waals surface area contributed by atoms with E-state index in [4.69, 9.17) is 14.9 Å². The van der Waals surface area contributed by atoms with E-state index in [0.717, 1.165) is 0 Å². The Morgan fingerprint density at radius 3 is 2.70 bits per heavy atom. The summed E-state index contributed by atoms with van der Waals surface area (Å²) in [5.74, 6) is -0.0833. The molecule has 0 aliphatic carbocycles. The molecule has 2 N–H and O–H groups in total. The van der Waals surface area contributed by atoms with Gasteiger partial charge in [-0.2, -0.15) is 0 Å². The van der Waals surface area contributed by atoms with E-state index in [1.165, 1.54) is 0 Å². The zero-order valence-corrected chi connectivity index (χ0v) is 5.86. The Labute approximate surface area is 59.4 Å². The van der Waals surface area contributed by atoms with Gasteiger partial charge in [0.05, 0.1) is 6.61 Å². The molecule has 1 fully saturated rings. The Hall–Kier alpha value is -0.160. The molecule has 1 aliphatic rings. The molecule has 4 heteroatoms. The van der Waals surface area contributed by atoms with E-state index in [-0.39, 0.29) is 5.92 Å². The summed E-state index contributed by atoms with van der Waals surface area (Å²) in [6.07, 6.45) is -1.24. The normalized spacial score (nSPS) is 40.5. The van der Waals surface area contributed by atoms with Crippen molar-refractivity contribution in [3.8, 4) is 0 Å². The fraction of sp³-hybridized carbons (Fsp3) is 1.00. The summed E-state index contributed by atoms with van der Waals surface area (Å²) >= 11 is 0. The molecular formula is C6H12O4.